The zero-order valence-electron chi connectivity index (χ0n) is 14.0. The van der Waals surface area contributed by atoms with Crippen LogP contribution in [0.5, 0.6) is 0 Å². The summed E-state index contributed by atoms with van der Waals surface area (Å²) in [5, 5.41) is 3.79. The minimum absolute atomic E-state index is 0.344. The van der Waals surface area contributed by atoms with Crippen LogP contribution in [-0.2, 0) is 0 Å². The van der Waals surface area contributed by atoms with Gasteiger partial charge in [-0.1, -0.05) is 20.8 Å². The Labute approximate surface area is 120 Å². The lowest BCUT2D eigenvalue weighted by atomic mass is 9.89. The highest BCUT2D eigenvalue weighted by molar-refractivity contribution is 4.83. The summed E-state index contributed by atoms with van der Waals surface area (Å²) >= 11 is 0. The monoisotopic (exact) mass is 269 g/mol. The van der Waals surface area contributed by atoms with Gasteiger partial charge in [0.05, 0.1) is 0 Å². The quantitative estimate of drug-likeness (QED) is 0.765. The zero-order valence-corrected chi connectivity index (χ0v) is 14.0. The molecular weight excluding hydrogens is 234 g/mol. The molecule has 0 aromatic heterocycles. The molecule has 114 valence electrons. The normalized spacial score (nSPS) is 23.8. The predicted octanol–water partition coefficient (Wildman–Crippen LogP) is 2.28. The molecular formula is C16H35N3. The summed E-state index contributed by atoms with van der Waals surface area (Å²) in [6, 6.07) is 0.635. The molecule has 1 heterocycles. The Morgan fingerprint density at radius 2 is 2.05 bits per heavy atom. The average Bonchev–Trinajstić information content (AvgIpc) is 2.34. The summed E-state index contributed by atoms with van der Waals surface area (Å²) in [5.41, 5.74) is 0.344. The molecule has 0 saturated carbocycles. The maximum absolute atomic E-state index is 3.79. The molecule has 1 rings (SSSR count). The van der Waals surface area contributed by atoms with Crippen molar-refractivity contribution in [2.75, 3.05) is 46.8 Å². The third-order valence-electron chi connectivity index (χ3n) is 4.34. The Hall–Kier alpha value is -0.120. The van der Waals surface area contributed by atoms with E-state index in [4.69, 9.17) is 0 Å². The Kier molecular flexibility index (Phi) is 6.78. The summed E-state index contributed by atoms with van der Waals surface area (Å²) in [4.78, 5) is 4.88. The molecule has 1 aliphatic rings. The number of nitrogens with zero attached hydrogens (tertiary/aromatic N) is 2. The second kappa shape index (κ2) is 7.61. The number of hydrogen-bond donors (Lipinski definition) is 1. The van der Waals surface area contributed by atoms with E-state index in [1.165, 1.54) is 32.5 Å². The van der Waals surface area contributed by atoms with Gasteiger partial charge in [-0.05, 0) is 58.3 Å². The van der Waals surface area contributed by atoms with Crippen molar-refractivity contribution in [2.45, 2.75) is 46.6 Å². The summed E-state index contributed by atoms with van der Waals surface area (Å²) in [6.45, 7) is 15.4. The SMILES string of the molecule is CCN1CCCC(C(C)NCC(C)(C)CN(C)C)C1. The molecule has 19 heavy (non-hydrogen) atoms. The highest BCUT2D eigenvalue weighted by Crippen LogP contribution is 2.21. The van der Waals surface area contributed by atoms with Crippen LogP contribution in [0.15, 0.2) is 0 Å². The lowest BCUT2D eigenvalue weighted by Crippen LogP contribution is -2.47. The van der Waals surface area contributed by atoms with Crippen molar-refractivity contribution in [3.05, 3.63) is 0 Å². The summed E-state index contributed by atoms with van der Waals surface area (Å²) in [5.74, 6) is 0.823. The first-order valence-corrected chi connectivity index (χ1v) is 7.94. The van der Waals surface area contributed by atoms with Gasteiger partial charge in [0.2, 0.25) is 0 Å². The van der Waals surface area contributed by atoms with Crippen LogP contribution in [0.3, 0.4) is 0 Å². The molecule has 0 aromatic carbocycles. The number of piperidine rings is 1. The highest BCUT2D eigenvalue weighted by Gasteiger charge is 2.26. The van der Waals surface area contributed by atoms with Crippen LogP contribution in [0.4, 0.5) is 0 Å². The van der Waals surface area contributed by atoms with Gasteiger partial charge in [-0.25, -0.2) is 0 Å². The van der Waals surface area contributed by atoms with Crippen molar-refractivity contribution in [2.24, 2.45) is 11.3 Å². The first kappa shape index (κ1) is 16.9. The van der Waals surface area contributed by atoms with Crippen LogP contribution < -0.4 is 5.32 Å². The summed E-state index contributed by atoms with van der Waals surface area (Å²) in [6.07, 6.45) is 2.75. The second-order valence-electron chi connectivity index (χ2n) is 7.37. The van der Waals surface area contributed by atoms with Gasteiger partial charge < -0.3 is 15.1 Å². The van der Waals surface area contributed by atoms with E-state index in [-0.39, 0.29) is 0 Å². The minimum Gasteiger partial charge on any atom is -0.313 e. The van der Waals surface area contributed by atoms with Crippen LogP contribution >= 0.6 is 0 Å². The zero-order chi connectivity index (χ0) is 14.5. The van der Waals surface area contributed by atoms with Gasteiger partial charge >= 0.3 is 0 Å². The Bertz CT molecular complexity index is 250. The molecule has 3 heteroatoms. The van der Waals surface area contributed by atoms with Gasteiger partial charge in [0, 0.05) is 25.7 Å². The average molecular weight is 269 g/mol. The number of hydrogen-bond acceptors (Lipinski definition) is 3. The fourth-order valence-corrected chi connectivity index (χ4v) is 3.30. The molecule has 0 radical (unpaired) electrons. The second-order valence-corrected chi connectivity index (χ2v) is 7.37. The van der Waals surface area contributed by atoms with Crippen molar-refractivity contribution < 1.29 is 0 Å². The standard InChI is InChI=1S/C16H35N3/c1-7-19-10-8-9-15(11-19)14(2)17-12-16(3,4)13-18(5)6/h14-15,17H,7-13H2,1-6H3. The first-order chi connectivity index (χ1) is 8.84. The van der Waals surface area contributed by atoms with E-state index in [9.17, 15) is 0 Å². The van der Waals surface area contributed by atoms with Crippen LogP contribution in [-0.4, -0.2) is 62.7 Å². The maximum atomic E-state index is 3.79. The maximum Gasteiger partial charge on any atom is 0.00794 e. The van der Waals surface area contributed by atoms with Crippen molar-refractivity contribution in [1.29, 1.82) is 0 Å². The van der Waals surface area contributed by atoms with E-state index in [0.717, 1.165) is 19.0 Å². The number of nitrogens with one attached hydrogen (secondary N) is 1. The molecule has 2 atom stereocenters. The minimum atomic E-state index is 0.344. The molecule has 3 nitrogen and oxygen atoms in total. The third-order valence-corrected chi connectivity index (χ3v) is 4.34. The largest absolute Gasteiger partial charge is 0.313 e. The molecule has 2 unspecified atom stereocenters. The van der Waals surface area contributed by atoms with Gasteiger partial charge in [-0.3, -0.25) is 0 Å². The van der Waals surface area contributed by atoms with Crippen LogP contribution in [0.1, 0.15) is 40.5 Å². The number of likely N-dealkylation sites (tertiary alicyclic amines) is 1. The molecule has 0 aromatic rings. The van der Waals surface area contributed by atoms with Crippen LogP contribution in [0.25, 0.3) is 0 Å². The Morgan fingerprint density at radius 1 is 1.37 bits per heavy atom. The van der Waals surface area contributed by atoms with Crippen LogP contribution in [0, 0.1) is 11.3 Å². The van der Waals surface area contributed by atoms with Crippen LogP contribution in [0.2, 0.25) is 0 Å². The van der Waals surface area contributed by atoms with Crippen molar-refractivity contribution in [1.82, 2.24) is 15.1 Å². The Morgan fingerprint density at radius 3 is 2.63 bits per heavy atom. The molecule has 1 fully saturated rings. The fourth-order valence-electron chi connectivity index (χ4n) is 3.30. The smallest absolute Gasteiger partial charge is 0.00794 e. The molecule has 0 amide bonds. The van der Waals surface area contributed by atoms with Gasteiger partial charge in [0.25, 0.3) is 0 Å². The lowest BCUT2D eigenvalue weighted by Gasteiger charge is -2.37. The molecule has 1 aliphatic heterocycles. The molecule has 0 bridgehead atoms. The van der Waals surface area contributed by atoms with E-state index in [0.29, 0.717) is 11.5 Å². The topological polar surface area (TPSA) is 18.5 Å². The highest BCUT2D eigenvalue weighted by atomic mass is 15.1. The van der Waals surface area contributed by atoms with Crippen molar-refractivity contribution >= 4 is 0 Å². The van der Waals surface area contributed by atoms with Crippen molar-refractivity contribution in [3.63, 3.8) is 0 Å². The van der Waals surface area contributed by atoms with E-state index in [2.05, 4.69) is 56.9 Å². The third kappa shape index (κ3) is 6.24. The van der Waals surface area contributed by atoms with Gasteiger partial charge in [0.1, 0.15) is 0 Å². The number of rotatable bonds is 7. The molecule has 0 aliphatic carbocycles. The van der Waals surface area contributed by atoms with Gasteiger partial charge in [-0.2, -0.15) is 0 Å². The van der Waals surface area contributed by atoms with Crippen molar-refractivity contribution in [3.8, 4) is 0 Å². The fraction of sp³-hybridized carbons (Fsp3) is 1.00. The van der Waals surface area contributed by atoms with E-state index < -0.39 is 0 Å². The molecule has 1 saturated heterocycles. The Balaban J connectivity index is 2.35. The molecule has 0 spiro atoms. The van der Waals surface area contributed by atoms with Gasteiger partial charge in [-0.15, -0.1) is 0 Å². The summed E-state index contributed by atoms with van der Waals surface area (Å²) in [7, 11) is 4.32. The summed E-state index contributed by atoms with van der Waals surface area (Å²) < 4.78 is 0. The molecule has 1 N–H and O–H groups in total. The first-order valence-electron chi connectivity index (χ1n) is 7.94. The van der Waals surface area contributed by atoms with E-state index in [1.54, 1.807) is 0 Å². The lowest BCUT2D eigenvalue weighted by molar-refractivity contribution is 0.147. The van der Waals surface area contributed by atoms with E-state index >= 15 is 0 Å². The van der Waals surface area contributed by atoms with Gasteiger partial charge in [0.15, 0.2) is 0 Å². The predicted molar refractivity (Wildman–Crippen MR) is 84.6 cm³/mol. The van der Waals surface area contributed by atoms with E-state index in [1.807, 2.05) is 0 Å².